The average molecular weight is 302 g/mol. The Labute approximate surface area is 124 Å². The van der Waals surface area contributed by atoms with Gasteiger partial charge in [-0.1, -0.05) is 13.8 Å². The molecule has 0 aromatic heterocycles. The Kier molecular flexibility index (Phi) is 5.95. The van der Waals surface area contributed by atoms with Gasteiger partial charge in [0.15, 0.2) is 11.5 Å². The van der Waals surface area contributed by atoms with Crippen LogP contribution in [-0.4, -0.2) is 32.6 Å². The van der Waals surface area contributed by atoms with Crippen molar-refractivity contribution >= 4 is 22.5 Å². The summed E-state index contributed by atoms with van der Waals surface area (Å²) in [6, 6.07) is 2.98. The molecule has 1 N–H and O–H groups in total. The van der Waals surface area contributed by atoms with Crippen molar-refractivity contribution in [3.63, 3.8) is 0 Å². The fraction of sp³-hybridized carbons (Fsp3) is 0.500. The number of nitrogens with one attached hydrogen (secondary N) is 1. The summed E-state index contributed by atoms with van der Waals surface area (Å²) in [6.45, 7) is 3.83. The molecule has 0 amide bonds. The summed E-state index contributed by atoms with van der Waals surface area (Å²) in [7, 11) is 4.61. The predicted octanol–water partition coefficient (Wildman–Crippen LogP) is 2.91. The Bertz CT molecular complexity index is 451. The Hall–Kier alpha value is -1.62. The van der Waals surface area contributed by atoms with Gasteiger partial charge in [-0.2, -0.15) is 0 Å². The maximum absolute atomic E-state index is 11.4. The zero-order valence-electron chi connectivity index (χ0n) is 12.3. The molecule has 1 aromatic carbocycles. The van der Waals surface area contributed by atoms with Gasteiger partial charge in [-0.05, 0) is 17.5 Å². The molecular weight excluding hydrogens is 282 g/mol. The van der Waals surface area contributed by atoms with Crippen molar-refractivity contribution in [2.45, 2.75) is 19.9 Å². The molecule has 0 aliphatic heterocycles. The van der Waals surface area contributed by atoms with Crippen LogP contribution in [0.2, 0.25) is 0 Å². The van der Waals surface area contributed by atoms with Gasteiger partial charge in [0.2, 0.25) is 11.0 Å². The van der Waals surface area contributed by atoms with E-state index >= 15 is 0 Å². The van der Waals surface area contributed by atoms with Gasteiger partial charge in [-0.25, -0.2) is 0 Å². The Balaban J connectivity index is 3.16. The number of hydrogen-bond donors (Lipinski definition) is 1. The molecule has 0 aliphatic rings. The molecule has 0 aliphatic carbocycles. The highest BCUT2D eigenvalue weighted by atomic mass is 35.5. The minimum absolute atomic E-state index is 0.0547. The number of hydrogen-bond acceptors (Lipinski definition) is 5. The Morgan fingerprint density at radius 1 is 1.10 bits per heavy atom. The number of methoxy groups -OCH3 is 3. The van der Waals surface area contributed by atoms with Crippen molar-refractivity contribution in [1.29, 1.82) is 0 Å². The van der Waals surface area contributed by atoms with Crippen LogP contribution >= 0.6 is 11.6 Å². The fourth-order valence-corrected chi connectivity index (χ4v) is 2.14. The number of ether oxygens (including phenoxy) is 3. The largest absolute Gasteiger partial charge is 0.493 e. The lowest BCUT2D eigenvalue weighted by atomic mass is 10.1. The maximum Gasteiger partial charge on any atom is 0.244 e. The predicted molar refractivity (Wildman–Crippen MR) is 79.2 cm³/mol. The summed E-state index contributed by atoms with van der Waals surface area (Å²) in [6.07, 6.45) is 0. The molecule has 1 unspecified atom stereocenters. The quantitative estimate of drug-likeness (QED) is 0.785. The molecule has 1 rings (SSSR count). The third-order valence-electron chi connectivity index (χ3n) is 2.90. The minimum atomic E-state index is -0.487. The lowest BCUT2D eigenvalue weighted by molar-refractivity contribution is -0.113. The lowest BCUT2D eigenvalue weighted by Gasteiger charge is -2.21. The van der Waals surface area contributed by atoms with Crippen LogP contribution in [0.15, 0.2) is 12.1 Å². The van der Waals surface area contributed by atoms with Crippen LogP contribution in [0.25, 0.3) is 0 Å². The first kappa shape index (κ1) is 16.4. The van der Waals surface area contributed by atoms with Crippen LogP contribution in [0.3, 0.4) is 0 Å². The topological polar surface area (TPSA) is 56.8 Å². The first-order chi connectivity index (χ1) is 9.44. The van der Waals surface area contributed by atoms with E-state index in [0.717, 1.165) is 0 Å². The second kappa shape index (κ2) is 7.24. The van der Waals surface area contributed by atoms with Gasteiger partial charge >= 0.3 is 0 Å². The Morgan fingerprint density at radius 2 is 1.60 bits per heavy atom. The molecule has 0 spiro atoms. The van der Waals surface area contributed by atoms with Crippen LogP contribution in [0.4, 0.5) is 5.69 Å². The van der Waals surface area contributed by atoms with E-state index in [9.17, 15) is 4.79 Å². The van der Waals surface area contributed by atoms with E-state index in [2.05, 4.69) is 5.32 Å². The smallest absolute Gasteiger partial charge is 0.244 e. The fourth-order valence-electron chi connectivity index (χ4n) is 1.83. The lowest BCUT2D eigenvalue weighted by Crippen LogP contribution is -2.31. The van der Waals surface area contributed by atoms with Gasteiger partial charge in [-0.3, -0.25) is 4.79 Å². The van der Waals surface area contributed by atoms with Gasteiger partial charge in [0.1, 0.15) is 6.04 Å². The average Bonchev–Trinajstić information content (AvgIpc) is 2.42. The standard InChI is InChI=1S/C14H20ClNO4/c1-8(2)12(14(15)17)16-9-6-10(18-3)13(20-5)11(7-9)19-4/h6-8,12,16H,1-5H3. The molecule has 0 saturated heterocycles. The SMILES string of the molecule is COc1cc(NC(C(=O)Cl)C(C)C)cc(OC)c1OC. The highest BCUT2D eigenvalue weighted by Crippen LogP contribution is 2.40. The number of halogens is 1. The maximum atomic E-state index is 11.4. The van der Waals surface area contributed by atoms with Crippen LogP contribution < -0.4 is 19.5 Å². The van der Waals surface area contributed by atoms with Crippen LogP contribution in [-0.2, 0) is 4.79 Å². The van der Waals surface area contributed by atoms with Crippen LogP contribution in [0, 0.1) is 5.92 Å². The summed E-state index contributed by atoms with van der Waals surface area (Å²) in [5.74, 6) is 1.58. The summed E-state index contributed by atoms with van der Waals surface area (Å²) >= 11 is 5.61. The Morgan fingerprint density at radius 3 is 1.90 bits per heavy atom. The van der Waals surface area contributed by atoms with E-state index in [0.29, 0.717) is 22.9 Å². The summed E-state index contributed by atoms with van der Waals surface area (Å²) in [5.41, 5.74) is 0.673. The van der Waals surface area contributed by atoms with Crippen molar-refractivity contribution in [1.82, 2.24) is 0 Å². The van der Waals surface area contributed by atoms with Gasteiger partial charge in [0.25, 0.3) is 0 Å². The minimum Gasteiger partial charge on any atom is -0.493 e. The molecular formula is C14H20ClNO4. The summed E-state index contributed by atoms with van der Waals surface area (Å²) in [5, 5.41) is 2.65. The van der Waals surface area contributed by atoms with E-state index in [1.807, 2.05) is 13.8 Å². The zero-order valence-corrected chi connectivity index (χ0v) is 13.1. The molecule has 6 heteroatoms. The highest BCUT2D eigenvalue weighted by Gasteiger charge is 2.21. The monoisotopic (exact) mass is 301 g/mol. The normalized spacial score (nSPS) is 11.9. The number of carbonyl (C=O) groups excluding carboxylic acids is 1. The number of benzene rings is 1. The molecule has 0 heterocycles. The van der Waals surface area contributed by atoms with E-state index in [-0.39, 0.29) is 5.92 Å². The van der Waals surface area contributed by atoms with E-state index < -0.39 is 11.3 Å². The third-order valence-corrected chi connectivity index (χ3v) is 3.13. The molecule has 20 heavy (non-hydrogen) atoms. The van der Waals surface area contributed by atoms with Crippen molar-refractivity contribution in [2.24, 2.45) is 5.92 Å². The summed E-state index contributed by atoms with van der Waals surface area (Å²) in [4.78, 5) is 11.4. The zero-order chi connectivity index (χ0) is 15.3. The molecule has 1 atom stereocenters. The number of rotatable bonds is 7. The van der Waals surface area contributed by atoms with Crippen molar-refractivity contribution in [3.8, 4) is 17.2 Å². The number of anilines is 1. The molecule has 0 fully saturated rings. The first-order valence-electron chi connectivity index (χ1n) is 6.20. The van der Waals surface area contributed by atoms with Gasteiger partial charge in [0.05, 0.1) is 21.3 Å². The first-order valence-corrected chi connectivity index (χ1v) is 6.58. The second-order valence-corrected chi connectivity index (χ2v) is 4.96. The van der Waals surface area contributed by atoms with Crippen LogP contribution in [0.1, 0.15) is 13.8 Å². The van der Waals surface area contributed by atoms with Crippen molar-refractivity contribution in [3.05, 3.63) is 12.1 Å². The van der Waals surface area contributed by atoms with E-state index in [1.54, 1.807) is 12.1 Å². The molecule has 0 bridgehead atoms. The molecule has 0 saturated carbocycles. The molecule has 112 valence electrons. The van der Waals surface area contributed by atoms with Crippen molar-refractivity contribution < 1.29 is 19.0 Å². The van der Waals surface area contributed by atoms with Crippen LogP contribution in [0.5, 0.6) is 17.2 Å². The molecule has 5 nitrogen and oxygen atoms in total. The third kappa shape index (κ3) is 3.70. The van der Waals surface area contributed by atoms with E-state index in [4.69, 9.17) is 25.8 Å². The number of carbonyl (C=O) groups is 1. The molecule has 0 radical (unpaired) electrons. The molecule has 1 aromatic rings. The highest BCUT2D eigenvalue weighted by molar-refractivity contribution is 6.65. The van der Waals surface area contributed by atoms with Gasteiger partial charge < -0.3 is 19.5 Å². The van der Waals surface area contributed by atoms with E-state index in [1.165, 1.54) is 21.3 Å². The summed E-state index contributed by atoms with van der Waals surface area (Å²) < 4.78 is 15.8. The van der Waals surface area contributed by atoms with Gasteiger partial charge in [-0.15, -0.1) is 0 Å². The van der Waals surface area contributed by atoms with Gasteiger partial charge in [0, 0.05) is 17.8 Å². The van der Waals surface area contributed by atoms with Crippen molar-refractivity contribution in [2.75, 3.05) is 26.6 Å². The second-order valence-electron chi connectivity index (χ2n) is 4.58.